The number of fused-ring (bicyclic) bond motifs is 1. The molecule has 2 aliphatic carbocycles. The lowest BCUT2D eigenvalue weighted by atomic mass is 9.85. The van der Waals surface area contributed by atoms with Gasteiger partial charge >= 0.3 is 0 Å². The molecule has 0 aliphatic heterocycles. The van der Waals surface area contributed by atoms with Crippen LogP contribution in [0.1, 0.15) is 44.9 Å². The summed E-state index contributed by atoms with van der Waals surface area (Å²) in [6.07, 6.45) is 2.82. The number of hydrogen-bond acceptors (Lipinski definition) is 5. The van der Waals surface area contributed by atoms with Gasteiger partial charge < -0.3 is 15.2 Å². The number of thiophene rings is 1. The van der Waals surface area contributed by atoms with E-state index in [-0.39, 0.29) is 36.3 Å². The minimum absolute atomic E-state index is 0. The second-order valence-corrected chi connectivity index (χ2v) is 9.04. The molecule has 0 radical (unpaired) electrons. The predicted molar refractivity (Wildman–Crippen MR) is 115 cm³/mol. The number of aryl methyl sites for hydroxylation is 2. The van der Waals surface area contributed by atoms with Crippen LogP contribution in [0.5, 0.6) is 5.75 Å². The van der Waals surface area contributed by atoms with Gasteiger partial charge in [0.25, 0.3) is 0 Å². The molecule has 28 heavy (non-hydrogen) atoms. The predicted octanol–water partition coefficient (Wildman–Crippen LogP) is 4.09. The largest absolute Gasteiger partial charge is 0.488 e. The Hall–Kier alpha value is -1.40. The highest BCUT2D eigenvalue weighted by Gasteiger charge is 2.37. The highest BCUT2D eigenvalue weighted by Crippen LogP contribution is 2.35. The van der Waals surface area contributed by atoms with E-state index in [1.807, 2.05) is 30.3 Å². The van der Waals surface area contributed by atoms with Gasteiger partial charge in [-0.05, 0) is 57.2 Å². The molecule has 2 aliphatic rings. The van der Waals surface area contributed by atoms with E-state index in [4.69, 9.17) is 4.74 Å². The normalized spacial score (nSPS) is 26.6. The number of carbonyl (C=O) groups is 1. The molecule has 0 bridgehead atoms. The Morgan fingerprint density at radius 3 is 2.68 bits per heavy atom. The summed E-state index contributed by atoms with van der Waals surface area (Å²) >= 11 is 1.77. The second kappa shape index (κ2) is 8.95. The standard InChI is InChI=1S/C22H27NO3S.ClH/c1-13-14(2)27-19-11-8-15(21(24)20(13)19)12-23-17-9-10-18(22(17)25)26-16-6-4-3-5-7-16;/h3-7,15,17-18,22-23,25H,8-12H2,1-2H3;1H/t15?,17-,18-,22-;/m1./s1. The van der Waals surface area contributed by atoms with E-state index in [2.05, 4.69) is 19.2 Å². The molecule has 4 atom stereocenters. The van der Waals surface area contributed by atoms with E-state index < -0.39 is 6.10 Å². The van der Waals surface area contributed by atoms with E-state index in [0.717, 1.165) is 42.6 Å². The van der Waals surface area contributed by atoms with Crippen molar-refractivity contribution in [3.63, 3.8) is 0 Å². The van der Waals surface area contributed by atoms with Crippen LogP contribution in [0, 0.1) is 19.8 Å². The van der Waals surface area contributed by atoms with E-state index in [9.17, 15) is 9.90 Å². The summed E-state index contributed by atoms with van der Waals surface area (Å²) in [6.45, 7) is 4.79. The number of aliphatic hydroxyl groups is 1. The van der Waals surface area contributed by atoms with Gasteiger partial charge in [-0.1, -0.05) is 18.2 Å². The summed E-state index contributed by atoms with van der Waals surface area (Å²) in [5.74, 6) is 1.07. The van der Waals surface area contributed by atoms with Crippen molar-refractivity contribution in [2.45, 2.75) is 57.8 Å². The average molecular weight is 422 g/mol. The molecule has 4 rings (SSSR count). The zero-order chi connectivity index (χ0) is 19.0. The summed E-state index contributed by atoms with van der Waals surface area (Å²) in [5, 5.41) is 14.1. The highest BCUT2D eigenvalue weighted by molar-refractivity contribution is 7.12. The van der Waals surface area contributed by atoms with Crippen molar-refractivity contribution in [3.8, 4) is 5.75 Å². The highest BCUT2D eigenvalue weighted by atomic mass is 35.5. The fourth-order valence-corrected chi connectivity index (χ4v) is 5.49. The van der Waals surface area contributed by atoms with Crippen molar-refractivity contribution < 1.29 is 14.6 Å². The molecule has 0 saturated heterocycles. The Balaban J connectivity index is 0.00000225. The smallest absolute Gasteiger partial charge is 0.168 e. The van der Waals surface area contributed by atoms with Crippen LogP contribution in [0.4, 0.5) is 0 Å². The molecular weight excluding hydrogens is 394 g/mol. The Morgan fingerprint density at radius 2 is 1.93 bits per heavy atom. The Bertz CT molecular complexity index is 823. The fraction of sp³-hybridized carbons (Fsp3) is 0.500. The van der Waals surface area contributed by atoms with Gasteiger partial charge in [0.15, 0.2) is 5.78 Å². The molecule has 0 spiro atoms. The van der Waals surface area contributed by atoms with Crippen molar-refractivity contribution in [3.05, 3.63) is 51.2 Å². The number of carbonyl (C=O) groups excluding carboxylic acids is 1. The number of aliphatic hydroxyl groups excluding tert-OH is 1. The van der Waals surface area contributed by atoms with Gasteiger partial charge in [-0.15, -0.1) is 23.7 Å². The molecule has 2 aromatic rings. The molecule has 2 N–H and O–H groups in total. The third kappa shape index (κ3) is 4.13. The van der Waals surface area contributed by atoms with E-state index in [1.54, 1.807) is 11.3 Å². The van der Waals surface area contributed by atoms with Crippen LogP contribution in [0.25, 0.3) is 0 Å². The minimum Gasteiger partial charge on any atom is -0.488 e. The lowest BCUT2D eigenvalue weighted by molar-refractivity contribution is 0.0441. The van der Waals surface area contributed by atoms with E-state index in [0.29, 0.717) is 6.54 Å². The summed E-state index contributed by atoms with van der Waals surface area (Å²) in [5.41, 5.74) is 2.12. The van der Waals surface area contributed by atoms with Gasteiger partial charge in [-0.3, -0.25) is 4.79 Å². The fourth-order valence-electron chi connectivity index (χ4n) is 4.29. The molecule has 152 valence electrons. The number of Topliss-reactive ketones (excluding diaryl/α,β-unsaturated/α-hetero) is 1. The Kier molecular flexibility index (Phi) is 6.81. The first-order chi connectivity index (χ1) is 13.0. The third-order valence-electron chi connectivity index (χ3n) is 6.01. The number of para-hydroxylation sites is 1. The average Bonchev–Trinajstić information content (AvgIpc) is 3.16. The minimum atomic E-state index is -0.551. The number of rotatable bonds is 5. The number of ketones is 1. The molecule has 1 heterocycles. The van der Waals surface area contributed by atoms with Gasteiger partial charge in [-0.25, -0.2) is 0 Å². The van der Waals surface area contributed by atoms with Crippen molar-refractivity contribution in [2.75, 3.05) is 6.54 Å². The molecule has 4 nitrogen and oxygen atoms in total. The van der Waals surface area contributed by atoms with E-state index in [1.165, 1.54) is 9.75 Å². The van der Waals surface area contributed by atoms with Gasteiger partial charge in [0, 0.05) is 33.8 Å². The number of nitrogens with one attached hydrogen (secondary N) is 1. The van der Waals surface area contributed by atoms with Crippen molar-refractivity contribution >= 4 is 29.5 Å². The van der Waals surface area contributed by atoms with Crippen LogP contribution in [0.2, 0.25) is 0 Å². The Labute approximate surface area is 176 Å². The summed E-state index contributed by atoms with van der Waals surface area (Å²) in [7, 11) is 0. The van der Waals surface area contributed by atoms with Crippen LogP contribution in [-0.4, -0.2) is 35.7 Å². The lowest BCUT2D eigenvalue weighted by Crippen LogP contribution is -2.44. The number of ether oxygens (including phenoxy) is 1. The summed E-state index contributed by atoms with van der Waals surface area (Å²) in [6, 6.07) is 9.63. The topological polar surface area (TPSA) is 58.6 Å². The van der Waals surface area contributed by atoms with E-state index >= 15 is 0 Å². The van der Waals surface area contributed by atoms with Crippen molar-refractivity contribution in [2.24, 2.45) is 5.92 Å². The number of benzene rings is 1. The molecule has 0 amide bonds. The molecule has 6 heteroatoms. The third-order valence-corrected chi connectivity index (χ3v) is 7.27. The van der Waals surface area contributed by atoms with Crippen LogP contribution in [0.15, 0.2) is 30.3 Å². The zero-order valence-corrected chi connectivity index (χ0v) is 17.9. The molecule has 1 aromatic heterocycles. The molecule has 1 aromatic carbocycles. The first-order valence-corrected chi connectivity index (χ1v) is 10.6. The maximum absolute atomic E-state index is 12.9. The van der Waals surface area contributed by atoms with Crippen LogP contribution >= 0.6 is 23.7 Å². The summed E-state index contributed by atoms with van der Waals surface area (Å²) in [4.78, 5) is 15.4. The van der Waals surface area contributed by atoms with Crippen LogP contribution < -0.4 is 10.1 Å². The van der Waals surface area contributed by atoms with Gasteiger partial charge in [0.2, 0.25) is 0 Å². The second-order valence-electron chi connectivity index (χ2n) is 7.73. The molecular formula is C22H28ClNO3S. The maximum atomic E-state index is 12.9. The Morgan fingerprint density at radius 1 is 1.18 bits per heavy atom. The zero-order valence-electron chi connectivity index (χ0n) is 16.3. The van der Waals surface area contributed by atoms with Crippen LogP contribution in [0.3, 0.4) is 0 Å². The first-order valence-electron chi connectivity index (χ1n) is 9.81. The quantitative estimate of drug-likeness (QED) is 0.763. The SMILES string of the molecule is Cc1sc2c(c1C)C(=O)C(CN[C@@H]1CC[C@@H](Oc3ccccc3)[C@@H]1O)CC2.Cl. The van der Waals surface area contributed by atoms with Crippen molar-refractivity contribution in [1.29, 1.82) is 0 Å². The molecule has 1 saturated carbocycles. The maximum Gasteiger partial charge on any atom is 0.168 e. The lowest BCUT2D eigenvalue weighted by Gasteiger charge is -2.26. The van der Waals surface area contributed by atoms with Gasteiger partial charge in [0.1, 0.15) is 18.0 Å². The molecule has 1 fully saturated rings. The van der Waals surface area contributed by atoms with Gasteiger partial charge in [0.05, 0.1) is 0 Å². The van der Waals surface area contributed by atoms with Crippen molar-refractivity contribution in [1.82, 2.24) is 5.32 Å². The number of hydrogen-bond donors (Lipinski definition) is 2. The van der Waals surface area contributed by atoms with Crippen LogP contribution in [-0.2, 0) is 6.42 Å². The summed E-state index contributed by atoms with van der Waals surface area (Å²) < 4.78 is 5.94. The molecule has 1 unspecified atom stereocenters. The monoisotopic (exact) mass is 421 g/mol. The first kappa shape index (κ1) is 21.3. The number of halogens is 1. The van der Waals surface area contributed by atoms with Gasteiger partial charge in [-0.2, -0.15) is 0 Å².